The van der Waals surface area contributed by atoms with Gasteiger partial charge in [-0.05, 0) is 32.3 Å². The summed E-state index contributed by atoms with van der Waals surface area (Å²) in [5.41, 5.74) is -1.06. The predicted molar refractivity (Wildman–Crippen MR) is 70.2 cm³/mol. The van der Waals surface area contributed by atoms with Crippen LogP contribution < -0.4 is 4.72 Å². The fourth-order valence-corrected chi connectivity index (χ4v) is 2.91. The summed E-state index contributed by atoms with van der Waals surface area (Å²) in [5.74, 6) is 0. The summed E-state index contributed by atoms with van der Waals surface area (Å²) in [5, 5.41) is -0.254. The number of nitrogens with zero attached hydrogens (tertiary/aromatic N) is 1. The van der Waals surface area contributed by atoms with Crippen molar-refractivity contribution < 1.29 is 21.6 Å². The maximum absolute atomic E-state index is 12.6. The summed E-state index contributed by atoms with van der Waals surface area (Å²) in [6, 6.07) is 2.19. The zero-order chi connectivity index (χ0) is 15.6. The normalized spacial score (nSPS) is 12.9. The van der Waals surface area contributed by atoms with E-state index in [1.807, 2.05) is 0 Å². The van der Waals surface area contributed by atoms with E-state index >= 15 is 0 Å². The molecule has 4 nitrogen and oxygen atoms in total. The van der Waals surface area contributed by atoms with Crippen LogP contribution in [0.15, 0.2) is 23.1 Å². The van der Waals surface area contributed by atoms with Gasteiger partial charge in [0.15, 0.2) is 0 Å². The molecule has 0 saturated heterocycles. The van der Waals surface area contributed by atoms with Gasteiger partial charge < -0.3 is 4.90 Å². The molecule has 114 valence electrons. The fraction of sp³-hybridized carbons (Fsp3) is 0.455. The molecule has 0 bridgehead atoms. The Morgan fingerprint density at radius 1 is 1.30 bits per heavy atom. The molecule has 0 heterocycles. The number of nitrogens with one attached hydrogen (secondary N) is 1. The number of hydrogen-bond acceptors (Lipinski definition) is 3. The number of alkyl halides is 3. The average Bonchev–Trinajstić information content (AvgIpc) is 2.26. The zero-order valence-electron chi connectivity index (χ0n) is 10.8. The SMILES string of the molecule is CN(C)CCNS(=O)(=O)c1cc(C(F)(F)F)ccc1Cl. The number of likely N-dealkylation sites (N-methyl/N-ethyl adjacent to an activating group) is 1. The van der Waals surface area contributed by atoms with Crippen molar-refractivity contribution in [3.8, 4) is 0 Å². The Bertz CT molecular complexity index is 574. The Balaban J connectivity index is 3.05. The highest BCUT2D eigenvalue weighted by atomic mass is 35.5. The minimum Gasteiger partial charge on any atom is -0.308 e. The summed E-state index contributed by atoms with van der Waals surface area (Å²) >= 11 is 5.68. The first-order chi connectivity index (χ1) is 9.04. The second-order valence-electron chi connectivity index (χ2n) is 4.34. The molecule has 0 unspecified atom stereocenters. The Labute approximate surface area is 120 Å². The second kappa shape index (κ2) is 6.30. The summed E-state index contributed by atoms with van der Waals surface area (Å²) in [6.45, 7) is 0.484. The van der Waals surface area contributed by atoms with E-state index in [-0.39, 0.29) is 11.6 Å². The van der Waals surface area contributed by atoms with E-state index in [0.29, 0.717) is 12.6 Å². The van der Waals surface area contributed by atoms with Gasteiger partial charge in [-0.3, -0.25) is 0 Å². The number of sulfonamides is 1. The van der Waals surface area contributed by atoms with Gasteiger partial charge in [0.05, 0.1) is 10.6 Å². The maximum atomic E-state index is 12.6. The molecule has 9 heteroatoms. The highest BCUT2D eigenvalue weighted by Gasteiger charge is 2.32. The van der Waals surface area contributed by atoms with Gasteiger partial charge in [0.25, 0.3) is 0 Å². The second-order valence-corrected chi connectivity index (χ2v) is 6.49. The molecule has 0 atom stereocenters. The van der Waals surface area contributed by atoms with Gasteiger partial charge >= 0.3 is 6.18 Å². The Morgan fingerprint density at radius 3 is 2.40 bits per heavy atom. The summed E-state index contributed by atoms with van der Waals surface area (Å²) in [4.78, 5) is 1.16. The molecule has 0 aromatic heterocycles. The van der Waals surface area contributed by atoms with Crippen LogP contribution in [-0.4, -0.2) is 40.5 Å². The third kappa shape index (κ3) is 4.62. The lowest BCUT2D eigenvalue weighted by Crippen LogP contribution is -2.31. The van der Waals surface area contributed by atoms with E-state index in [1.54, 1.807) is 19.0 Å². The van der Waals surface area contributed by atoms with Gasteiger partial charge in [0.2, 0.25) is 10.0 Å². The van der Waals surface area contributed by atoms with Crippen molar-refractivity contribution in [2.45, 2.75) is 11.1 Å². The molecule has 20 heavy (non-hydrogen) atoms. The van der Waals surface area contributed by atoms with Crippen LogP contribution in [0.1, 0.15) is 5.56 Å². The quantitative estimate of drug-likeness (QED) is 0.900. The van der Waals surface area contributed by atoms with Crippen molar-refractivity contribution in [3.63, 3.8) is 0 Å². The zero-order valence-corrected chi connectivity index (χ0v) is 12.4. The van der Waals surface area contributed by atoms with Crippen LogP contribution in [0.3, 0.4) is 0 Å². The molecule has 0 aliphatic heterocycles. The average molecular weight is 331 g/mol. The van der Waals surface area contributed by atoms with Crippen LogP contribution in [0.2, 0.25) is 5.02 Å². The molecule has 1 rings (SSSR count). The van der Waals surface area contributed by atoms with Crippen LogP contribution >= 0.6 is 11.6 Å². The van der Waals surface area contributed by atoms with E-state index in [1.165, 1.54) is 0 Å². The molecule has 0 radical (unpaired) electrons. The first-order valence-electron chi connectivity index (χ1n) is 5.55. The topological polar surface area (TPSA) is 49.4 Å². The van der Waals surface area contributed by atoms with Crippen LogP contribution in [0.5, 0.6) is 0 Å². The molecule has 0 aliphatic rings. The number of benzene rings is 1. The van der Waals surface area contributed by atoms with Crippen LogP contribution in [0.25, 0.3) is 0 Å². The first-order valence-corrected chi connectivity index (χ1v) is 7.41. The lowest BCUT2D eigenvalue weighted by atomic mass is 10.2. The van der Waals surface area contributed by atoms with Crippen molar-refractivity contribution in [2.24, 2.45) is 0 Å². The van der Waals surface area contributed by atoms with Crippen molar-refractivity contribution in [1.82, 2.24) is 9.62 Å². The van der Waals surface area contributed by atoms with Crippen molar-refractivity contribution >= 4 is 21.6 Å². The molecule has 1 aromatic rings. The predicted octanol–water partition coefficient (Wildman–Crippen LogP) is 2.20. The Kier molecular flexibility index (Phi) is 5.42. The van der Waals surface area contributed by atoms with Gasteiger partial charge in [-0.25, -0.2) is 13.1 Å². The van der Waals surface area contributed by atoms with E-state index in [0.717, 1.165) is 12.1 Å². The third-order valence-electron chi connectivity index (χ3n) is 2.40. The Hall–Kier alpha value is -0.830. The molecular weight excluding hydrogens is 317 g/mol. The van der Waals surface area contributed by atoms with Gasteiger partial charge in [-0.1, -0.05) is 11.6 Å². The van der Waals surface area contributed by atoms with E-state index in [4.69, 9.17) is 11.6 Å². The standard InChI is InChI=1S/C11H14ClF3N2O2S/c1-17(2)6-5-16-20(18,19)10-7-8(11(13,14)15)3-4-9(10)12/h3-4,7,16H,5-6H2,1-2H3. The number of rotatable bonds is 5. The minimum atomic E-state index is -4.63. The summed E-state index contributed by atoms with van der Waals surface area (Å²) in [6.07, 6.45) is -4.63. The maximum Gasteiger partial charge on any atom is 0.416 e. The van der Waals surface area contributed by atoms with Gasteiger partial charge in [-0.2, -0.15) is 13.2 Å². The van der Waals surface area contributed by atoms with E-state index < -0.39 is 26.7 Å². The van der Waals surface area contributed by atoms with Gasteiger partial charge in [0.1, 0.15) is 4.90 Å². The summed E-state index contributed by atoms with van der Waals surface area (Å²) < 4.78 is 63.8. The third-order valence-corrected chi connectivity index (χ3v) is 4.34. The molecule has 0 spiro atoms. The van der Waals surface area contributed by atoms with Gasteiger partial charge in [0, 0.05) is 13.1 Å². The first kappa shape index (κ1) is 17.2. The largest absolute Gasteiger partial charge is 0.416 e. The number of halogens is 4. The van der Waals surface area contributed by atoms with Crippen LogP contribution in [0.4, 0.5) is 13.2 Å². The molecule has 0 aliphatic carbocycles. The smallest absolute Gasteiger partial charge is 0.308 e. The van der Waals surface area contributed by atoms with Crippen LogP contribution in [-0.2, 0) is 16.2 Å². The molecule has 0 amide bonds. The van der Waals surface area contributed by atoms with Crippen molar-refractivity contribution in [2.75, 3.05) is 27.2 Å². The van der Waals surface area contributed by atoms with Crippen molar-refractivity contribution in [3.05, 3.63) is 28.8 Å². The monoisotopic (exact) mass is 330 g/mol. The molecule has 0 saturated carbocycles. The fourth-order valence-electron chi connectivity index (χ4n) is 1.37. The van der Waals surface area contributed by atoms with Crippen LogP contribution in [0, 0.1) is 0 Å². The lowest BCUT2D eigenvalue weighted by Gasteiger charge is -2.13. The van der Waals surface area contributed by atoms with Gasteiger partial charge in [-0.15, -0.1) is 0 Å². The van der Waals surface area contributed by atoms with Crippen molar-refractivity contribution in [1.29, 1.82) is 0 Å². The number of hydrogen-bond donors (Lipinski definition) is 1. The minimum absolute atomic E-state index is 0.0713. The highest BCUT2D eigenvalue weighted by Crippen LogP contribution is 2.33. The molecule has 1 N–H and O–H groups in total. The molecular formula is C11H14ClF3N2O2S. The Morgan fingerprint density at radius 2 is 1.90 bits per heavy atom. The summed E-state index contributed by atoms with van der Waals surface area (Å²) in [7, 11) is -0.595. The molecule has 0 fully saturated rings. The lowest BCUT2D eigenvalue weighted by molar-refractivity contribution is -0.137. The van der Waals surface area contributed by atoms with E-state index in [9.17, 15) is 21.6 Å². The van der Waals surface area contributed by atoms with E-state index in [2.05, 4.69) is 4.72 Å². The molecule has 1 aromatic carbocycles. The highest BCUT2D eigenvalue weighted by molar-refractivity contribution is 7.89.